The number of piperidine rings is 1. The molecule has 2 rings (SSSR count). The van der Waals surface area contributed by atoms with Crippen LogP contribution in [0.4, 0.5) is 18.0 Å². The summed E-state index contributed by atoms with van der Waals surface area (Å²) >= 11 is 0. The summed E-state index contributed by atoms with van der Waals surface area (Å²) in [7, 11) is 0. The summed E-state index contributed by atoms with van der Waals surface area (Å²) in [5.41, 5.74) is -0.0623. The Hall–Kier alpha value is -1.76. The number of amides is 2. The minimum atomic E-state index is -4.34. The number of carbonyl (C=O) groups is 1. The molecule has 134 valence electrons. The molecule has 0 aromatic heterocycles. The Morgan fingerprint density at radius 3 is 2.38 bits per heavy atom. The van der Waals surface area contributed by atoms with E-state index in [-0.39, 0.29) is 18.6 Å². The summed E-state index contributed by atoms with van der Waals surface area (Å²) in [5.74, 6) is 0. The van der Waals surface area contributed by atoms with Crippen LogP contribution in [0.5, 0.6) is 0 Å². The van der Waals surface area contributed by atoms with Crippen LogP contribution in [-0.2, 0) is 12.7 Å². The Kier molecular flexibility index (Phi) is 6.48. The highest BCUT2D eigenvalue weighted by Gasteiger charge is 2.29. The molecule has 2 N–H and O–H groups in total. The zero-order valence-electron chi connectivity index (χ0n) is 13.8. The molecule has 1 aromatic rings. The maximum atomic E-state index is 12.5. The monoisotopic (exact) mass is 343 g/mol. The molecule has 4 nitrogen and oxygen atoms in total. The fourth-order valence-corrected chi connectivity index (χ4v) is 2.84. The fraction of sp³-hybridized carbons (Fsp3) is 0.588. The molecule has 24 heavy (non-hydrogen) atoms. The van der Waals surface area contributed by atoms with Gasteiger partial charge in [-0.3, -0.25) is 0 Å². The average molecular weight is 343 g/mol. The number of hydrogen-bond acceptors (Lipinski definition) is 2. The highest BCUT2D eigenvalue weighted by Crippen LogP contribution is 2.29. The maximum Gasteiger partial charge on any atom is 0.416 e. The summed E-state index contributed by atoms with van der Waals surface area (Å²) in [4.78, 5) is 14.2. The number of nitrogens with zero attached hydrogens (tertiary/aromatic N) is 1. The third-order valence-electron chi connectivity index (χ3n) is 4.09. The van der Waals surface area contributed by atoms with E-state index < -0.39 is 11.7 Å². The number of likely N-dealkylation sites (tertiary alicyclic amines) is 1. The van der Waals surface area contributed by atoms with Gasteiger partial charge in [-0.2, -0.15) is 13.2 Å². The molecular weight excluding hydrogens is 319 g/mol. The molecule has 0 spiro atoms. The lowest BCUT2D eigenvalue weighted by Gasteiger charge is -2.29. The van der Waals surface area contributed by atoms with Crippen molar-refractivity contribution in [3.05, 3.63) is 35.4 Å². The third-order valence-corrected chi connectivity index (χ3v) is 4.09. The van der Waals surface area contributed by atoms with Gasteiger partial charge in [-0.05, 0) is 50.6 Å². The summed E-state index contributed by atoms with van der Waals surface area (Å²) in [6.07, 6.45) is -0.668. The van der Waals surface area contributed by atoms with Gasteiger partial charge in [0, 0.05) is 19.1 Å². The highest BCUT2D eigenvalue weighted by atomic mass is 19.4. The van der Waals surface area contributed by atoms with Gasteiger partial charge in [0.05, 0.1) is 5.56 Å². The van der Waals surface area contributed by atoms with Crippen LogP contribution in [0, 0.1) is 0 Å². The number of halogens is 3. The minimum Gasteiger partial charge on any atom is -0.334 e. The summed E-state index contributed by atoms with van der Waals surface area (Å²) in [5, 5.41) is 5.54. The Balaban J connectivity index is 1.72. The van der Waals surface area contributed by atoms with Gasteiger partial charge in [-0.25, -0.2) is 4.79 Å². The first-order chi connectivity index (χ1) is 11.3. The van der Waals surface area contributed by atoms with Crippen molar-refractivity contribution >= 4 is 6.03 Å². The largest absolute Gasteiger partial charge is 0.416 e. The molecular formula is C17H24F3N3O. The molecule has 1 aliphatic heterocycles. The van der Waals surface area contributed by atoms with Gasteiger partial charge in [0.2, 0.25) is 0 Å². The lowest BCUT2D eigenvalue weighted by molar-refractivity contribution is -0.137. The number of hydrogen-bond donors (Lipinski definition) is 2. The number of urea groups is 1. The Morgan fingerprint density at radius 1 is 1.17 bits per heavy atom. The standard InChI is InChI=1S/C17H24F3N3O/c1-13(12-23-9-3-2-4-10-23)22-16(24)21-11-14-5-7-15(8-6-14)17(18,19)20/h5-8,13H,2-4,9-12H2,1H3,(H2,21,22,24). The molecule has 1 aliphatic rings. The van der Waals surface area contributed by atoms with Gasteiger partial charge in [-0.15, -0.1) is 0 Å². The van der Waals surface area contributed by atoms with Gasteiger partial charge in [-0.1, -0.05) is 18.6 Å². The normalized spacial score (nSPS) is 17.3. The van der Waals surface area contributed by atoms with Crippen LogP contribution in [-0.4, -0.2) is 36.6 Å². The second kappa shape index (κ2) is 8.37. The topological polar surface area (TPSA) is 44.4 Å². The number of carbonyl (C=O) groups excluding carboxylic acids is 1. The van der Waals surface area contributed by atoms with Crippen LogP contribution in [0.2, 0.25) is 0 Å². The number of rotatable bonds is 5. The number of nitrogens with one attached hydrogen (secondary N) is 2. The minimum absolute atomic E-state index is 0.0238. The smallest absolute Gasteiger partial charge is 0.334 e. The summed E-state index contributed by atoms with van der Waals surface area (Å²) < 4.78 is 37.5. The summed E-state index contributed by atoms with van der Waals surface area (Å²) in [6.45, 7) is 5.10. The lowest BCUT2D eigenvalue weighted by atomic mass is 10.1. The van der Waals surface area contributed by atoms with Crippen LogP contribution < -0.4 is 10.6 Å². The zero-order chi connectivity index (χ0) is 17.6. The molecule has 1 fully saturated rings. The van der Waals surface area contributed by atoms with Gasteiger partial charge < -0.3 is 15.5 Å². The molecule has 1 saturated heterocycles. The van der Waals surface area contributed by atoms with Gasteiger partial charge in [0.1, 0.15) is 0 Å². The molecule has 1 heterocycles. The first-order valence-electron chi connectivity index (χ1n) is 8.27. The third kappa shape index (κ3) is 6.03. The molecule has 0 bridgehead atoms. The molecule has 0 aliphatic carbocycles. The highest BCUT2D eigenvalue weighted by molar-refractivity contribution is 5.74. The van der Waals surface area contributed by atoms with Crippen molar-refractivity contribution in [2.45, 2.75) is 44.9 Å². The SMILES string of the molecule is CC(CN1CCCCC1)NC(=O)NCc1ccc(C(F)(F)F)cc1. The molecule has 2 amide bonds. The van der Waals surface area contributed by atoms with Crippen molar-refractivity contribution in [1.29, 1.82) is 0 Å². The van der Waals surface area contributed by atoms with Crippen molar-refractivity contribution in [2.24, 2.45) is 0 Å². The van der Waals surface area contributed by atoms with E-state index in [0.29, 0.717) is 5.56 Å². The van der Waals surface area contributed by atoms with E-state index in [1.54, 1.807) is 0 Å². The fourth-order valence-electron chi connectivity index (χ4n) is 2.84. The first-order valence-corrected chi connectivity index (χ1v) is 8.27. The molecule has 0 saturated carbocycles. The predicted molar refractivity (Wildman–Crippen MR) is 86.6 cm³/mol. The Morgan fingerprint density at radius 2 is 1.79 bits per heavy atom. The van der Waals surface area contributed by atoms with Crippen LogP contribution >= 0.6 is 0 Å². The van der Waals surface area contributed by atoms with E-state index in [1.807, 2.05) is 6.92 Å². The van der Waals surface area contributed by atoms with Crippen molar-refractivity contribution in [3.8, 4) is 0 Å². The van der Waals surface area contributed by atoms with Gasteiger partial charge in [0.15, 0.2) is 0 Å². The second-order valence-electron chi connectivity index (χ2n) is 6.28. The van der Waals surface area contributed by atoms with E-state index in [1.165, 1.54) is 31.4 Å². The van der Waals surface area contributed by atoms with Gasteiger partial charge >= 0.3 is 12.2 Å². The van der Waals surface area contributed by atoms with Crippen molar-refractivity contribution in [1.82, 2.24) is 15.5 Å². The van der Waals surface area contributed by atoms with E-state index in [4.69, 9.17) is 0 Å². The number of benzene rings is 1. The summed E-state index contributed by atoms with van der Waals surface area (Å²) in [6, 6.07) is 4.51. The van der Waals surface area contributed by atoms with E-state index in [0.717, 1.165) is 31.8 Å². The molecule has 0 radical (unpaired) electrons. The quantitative estimate of drug-likeness (QED) is 0.861. The maximum absolute atomic E-state index is 12.5. The molecule has 7 heteroatoms. The van der Waals surface area contributed by atoms with Crippen molar-refractivity contribution < 1.29 is 18.0 Å². The van der Waals surface area contributed by atoms with E-state index in [9.17, 15) is 18.0 Å². The van der Waals surface area contributed by atoms with Crippen LogP contribution in [0.1, 0.15) is 37.3 Å². The van der Waals surface area contributed by atoms with E-state index in [2.05, 4.69) is 15.5 Å². The van der Waals surface area contributed by atoms with Crippen molar-refractivity contribution in [3.63, 3.8) is 0 Å². The van der Waals surface area contributed by atoms with Crippen LogP contribution in [0.25, 0.3) is 0 Å². The molecule has 1 aromatic carbocycles. The Bertz CT molecular complexity index is 525. The average Bonchev–Trinajstić information content (AvgIpc) is 2.53. The van der Waals surface area contributed by atoms with Gasteiger partial charge in [0.25, 0.3) is 0 Å². The number of alkyl halides is 3. The molecule has 1 atom stereocenters. The molecule has 1 unspecified atom stereocenters. The first kappa shape index (κ1) is 18.6. The van der Waals surface area contributed by atoms with E-state index >= 15 is 0 Å². The predicted octanol–water partition coefficient (Wildman–Crippen LogP) is 3.38. The lowest BCUT2D eigenvalue weighted by Crippen LogP contribution is -2.46. The Labute approximate surface area is 140 Å². The van der Waals surface area contributed by atoms with Crippen LogP contribution in [0.3, 0.4) is 0 Å². The van der Waals surface area contributed by atoms with Crippen molar-refractivity contribution in [2.75, 3.05) is 19.6 Å². The zero-order valence-corrected chi connectivity index (χ0v) is 13.8. The van der Waals surface area contributed by atoms with Crippen LogP contribution in [0.15, 0.2) is 24.3 Å². The second-order valence-corrected chi connectivity index (χ2v) is 6.28.